The van der Waals surface area contributed by atoms with Gasteiger partial charge in [-0.1, -0.05) is 0 Å². The third-order valence-electron chi connectivity index (χ3n) is 2.08. The van der Waals surface area contributed by atoms with Crippen molar-refractivity contribution in [3.05, 3.63) is 11.8 Å². The van der Waals surface area contributed by atoms with Gasteiger partial charge in [-0.15, -0.1) is 0 Å². The minimum atomic E-state index is -0.330. The predicted molar refractivity (Wildman–Crippen MR) is 63.5 cm³/mol. The van der Waals surface area contributed by atoms with Gasteiger partial charge in [0.15, 0.2) is 0 Å². The van der Waals surface area contributed by atoms with Crippen LogP contribution in [0.1, 0.15) is 12.6 Å². The van der Waals surface area contributed by atoms with Crippen molar-refractivity contribution in [3.63, 3.8) is 0 Å². The first-order valence-electron chi connectivity index (χ1n) is 5.08. The summed E-state index contributed by atoms with van der Waals surface area (Å²) in [4.78, 5) is 19.7. The van der Waals surface area contributed by atoms with Crippen LogP contribution in [0.15, 0.2) is 6.07 Å². The van der Waals surface area contributed by atoms with Gasteiger partial charge in [0.1, 0.15) is 11.9 Å². The number of hydrogen-bond acceptors (Lipinski definition) is 5. The Morgan fingerprint density at radius 2 is 2.06 bits per heavy atom. The molecule has 1 aromatic rings. The van der Waals surface area contributed by atoms with Crippen LogP contribution in [-0.4, -0.2) is 36.0 Å². The Morgan fingerprint density at radius 1 is 1.38 bits per heavy atom. The molecule has 0 saturated heterocycles. The zero-order chi connectivity index (χ0) is 12.1. The quantitative estimate of drug-likeness (QED) is 0.687. The van der Waals surface area contributed by atoms with Crippen LogP contribution in [-0.2, 0) is 4.79 Å². The average Bonchev–Trinajstić information content (AvgIpc) is 2.26. The van der Waals surface area contributed by atoms with Crippen LogP contribution in [0.25, 0.3) is 0 Å². The lowest BCUT2D eigenvalue weighted by molar-refractivity contribution is -0.121. The summed E-state index contributed by atoms with van der Waals surface area (Å²) in [5.74, 6) is 1.09. The van der Waals surface area contributed by atoms with Crippen LogP contribution < -0.4 is 16.0 Å². The number of carbonyl (C=O) groups is 1. The summed E-state index contributed by atoms with van der Waals surface area (Å²) in [6.07, 6.45) is 0. The average molecular weight is 223 g/mol. The van der Waals surface area contributed by atoms with E-state index in [-0.39, 0.29) is 11.9 Å². The van der Waals surface area contributed by atoms with E-state index in [0.29, 0.717) is 11.8 Å². The number of anilines is 2. The monoisotopic (exact) mass is 223 g/mol. The van der Waals surface area contributed by atoms with E-state index in [1.165, 1.54) is 0 Å². The summed E-state index contributed by atoms with van der Waals surface area (Å²) < 4.78 is 0. The molecule has 0 radical (unpaired) electrons. The first-order valence-corrected chi connectivity index (χ1v) is 5.08. The van der Waals surface area contributed by atoms with Crippen molar-refractivity contribution >= 4 is 17.7 Å². The fraction of sp³-hybridized carbons (Fsp3) is 0.500. The molecule has 1 aromatic heterocycles. The van der Waals surface area contributed by atoms with Gasteiger partial charge in [-0.3, -0.25) is 4.79 Å². The fourth-order valence-electron chi connectivity index (χ4n) is 1.26. The molecule has 3 N–H and O–H groups in total. The minimum Gasteiger partial charge on any atom is -0.358 e. The van der Waals surface area contributed by atoms with Gasteiger partial charge in [0.25, 0.3) is 0 Å². The van der Waals surface area contributed by atoms with E-state index >= 15 is 0 Å². The Balaban J connectivity index is 2.80. The molecular weight excluding hydrogens is 206 g/mol. The van der Waals surface area contributed by atoms with Gasteiger partial charge in [0.2, 0.25) is 11.9 Å². The topological polar surface area (TPSA) is 78.9 Å². The zero-order valence-electron chi connectivity index (χ0n) is 9.96. The third-order valence-corrected chi connectivity index (χ3v) is 2.08. The molecule has 0 spiro atoms. The number of aryl methyl sites for hydroxylation is 1. The first kappa shape index (κ1) is 12.2. The first-order chi connectivity index (χ1) is 7.56. The van der Waals surface area contributed by atoms with Gasteiger partial charge >= 0.3 is 0 Å². The normalized spacial score (nSPS) is 11.8. The molecule has 1 rings (SSSR count). The smallest absolute Gasteiger partial charge is 0.241 e. The molecule has 1 atom stereocenters. The van der Waals surface area contributed by atoms with Gasteiger partial charge in [-0.25, -0.2) is 4.98 Å². The fourth-order valence-corrected chi connectivity index (χ4v) is 1.26. The number of nitrogens with zero attached hydrogens (tertiary/aromatic N) is 2. The largest absolute Gasteiger partial charge is 0.358 e. The molecule has 6 heteroatoms. The molecule has 0 aromatic carbocycles. The molecule has 0 saturated carbocycles. The molecular formula is C10H17N5O. The van der Waals surface area contributed by atoms with Crippen LogP contribution in [0.5, 0.6) is 0 Å². The van der Waals surface area contributed by atoms with Crippen molar-refractivity contribution in [2.75, 3.05) is 24.7 Å². The number of nitrogens with one attached hydrogen (secondary N) is 3. The number of carbonyl (C=O) groups excluding carboxylic acids is 1. The number of rotatable bonds is 4. The van der Waals surface area contributed by atoms with Crippen molar-refractivity contribution in [1.82, 2.24) is 15.3 Å². The zero-order valence-corrected chi connectivity index (χ0v) is 9.96. The van der Waals surface area contributed by atoms with E-state index in [4.69, 9.17) is 0 Å². The highest BCUT2D eigenvalue weighted by atomic mass is 16.2. The van der Waals surface area contributed by atoms with Crippen molar-refractivity contribution in [1.29, 1.82) is 0 Å². The Bertz CT molecular complexity index is 379. The van der Waals surface area contributed by atoms with E-state index in [1.54, 1.807) is 27.1 Å². The van der Waals surface area contributed by atoms with Crippen molar-refractivity contribution in [3.8, 4) is 0 Å². The van der Waals surface area contributed by atoms with Gasteiger partial charge in [0, 0.05) is 25.9 Å². The lowest BCUT2D eigenvalue weighted by Crippen LogP contribution is -2.35. The highest BCUT2D eigenvalue weighted by molar-refractivity contribution is 5.83. The maximum absolute atomic E-state index is 11.3. The molecule has 16 heavy (non-hydrogen) atoms. The van der Waals surface area contributed by atoms with Gasteiger partial charge in [-0.05, 0) is 13.8 Å². The Labute approximate surface area is 94.9 Å². The van der Waals surface area contributed by atoms with Crippen molar-refractivity contribution in [2.24, 2.45) is 0 Å². The molecule has 1 amide bonds. The molecule has 1 unspecified atom stereocenters. The second kappa shape index (κ2) is 5.29. The van der Waals surface area contributed by atoms with Gasteiger partial charge < -0.3 is 16.0 Å². The minimum absolute atomic E-state index is 0.0812. The Kier molecular flexibility index (Phi) is 4.04. The van der Waals surface area contributed by atoms with Crippen LogP contribution >= 0.6 is 0 Å². The highest BCUT2D eigenvalue weighted by Crippen LogP contribution is 2.10. The molecule has 0 aliphatic heterocycles. The van der Waals surface area contributed by atoms with E-state index in [1.807, 2.05) is 6.92 Å². The summed E-state index contributed by atoms with van der Waals surface area (Å²) >= 11 is 0. The summed E-state index contributed by atoms with van der Waals surface area (Å²) in [7, 11) is 3.35. The second-order valence-corrected chi connectivity index (χ2v) is 3.45. The van der Waals surface area contributed by atoms with Crippen LogP contribution in [0.2, 0.25) is 0 Å². The van der Waals surface area contributed by atoms with Gasteiger partial charge in [-0.2, -0.15) is 4.98 Å². The van der Waals surface area contributed by atoms with E-state index in [2.05, 4.69) is 25.9 Å². The van der Waals surface area contributed by atoms with Gasteiger partial charge in [0.05, 0.1) is 0 Å². The van der Waals surface area contributed by atoms with E-state index < -0.39 is 0 Å². The summed E-state index contributed by atoms with van der Waals surface area (Å²) in [5, 5.41) is 8.43. The molecule has 88 valence electrons. The Hall–Kier alpha value is -1.85. The van der Waals surface area contributed by atoms with Crippen LogP contribution in [0.3, 0.4) is 0 Å². The third kappa shape index (κ3) is 3.08. The van der Waals surface area contributed by atoms with E-state index in [9.17, 15) is 4.79 Å². The summed E-state index contributed by atoms with van der Waals surface area (Å²) in [5.41, 5.74) is 0.839. The SMILES string of the molecule is CNC(=O)C(C)Nc1cc(C)nc(NC)n1. The molecule has 0 fully saturated rings. The van der Waals surface area contributed by atoms with Crippen LogP contribution in [0.4, 0.5) is 11.8 Å². The Morgan fingerprint density at radius 3 is 2.62 bits per heavy atom. The van der Waals surface area contributed by atoms with Crippen LogP contribution in [0, 0.1) is 6.92 Å². The number of likely N-dealkylation sites (N-methyl/N-ethyl adjacent to an activating group) is 1. The van der Waals surface area contributed by atoms with E-state index in [0.717, 1.165) is 5.69 Å². The molecule has 6 nitrogen and oxygen atoms in total. The standard InChI is InChI=1S/C10H17N5O/c1-6-5-8(15-10(12-4)13-6)14-7(2)9(16)11-3/h5,7H,1-4H3,(H,11,16)(H2,12,13,14,15). The lowest BCUT2D eigenvalue weighted by atomic mass is 10.3. The maximum atomic E-state index is 11.3. The maximum Gasteiger partial charge on any atom is 0.241 e. The van der Waals surface area contributed by atoms with Crippen molar-refractivity contribution < 1.29 is 4.79 Å². The number of amides is 1. The number of hydrogen-bond donors (Lipinski definition) is 3. The summed E-state index contributed by atoms with van der Waals surface area (Å²) in [6, 6.07) is 1.46. The predicted octanol–water partition coefficient (Wildman–Crippen LogP) is 0.373. The molecule has 0 aliphatic rings. The molecule has 0 aliphatic carbocycles. The highest BCUT2D eigenvalue weighted by Gasteiger charge is 2.11. The number of aromatic nitrogens is 2. The lowest BCUT2D eigenvalue weighted by Gasteiger charge is -2.13. The van der Waals surface area contributed by atoms with Crippen molar-refractivity contribution in [2.45, 2.75) is 19.9 Å². The second-order valence-electron chi connectivity index (χ2n) is 3.45. The summed E-state index contributed by atoms with van der Waals surface area (Å²) in [6.45, 7) is 3.65. The molecule has 0 bridgehead atoms. The molecule has 1 heterocycles.